The van der Waals surface area contributed by atoms with Crippen molar-refractivity contribution in [1.82, 2.24) is 4.98 Å². The maximum absolute atomic E-state index is 11.4. The molecule has 1 N–H and O–H groups in total. The molecule has 2 unspecified atom stereocenters. The largest absolute Gasteiger partial charge is 1.00 e. The fraction of sp³-hybridized carbons (Fsp3) is 0.318. The molecule has 0 spiro atoms. The van der Waals surface area contributed by atoms with E-state index in [1.54, 1.807) is 0 Å². The van der Waals surface area contributed by atoms with Crippen molar-refractivity contribution in [2.24, 2.45) is 0 Å². The molecule has 0 bridgehead atoms. The number of para-hydroxylation sites is 1. The van der Waals surface area contributed by atoms with Gasteiger partial charge in [0.15, 0.2) is 0 Å². The Morgan fingerprint density at radius 2 is 1.89 bits per heavy atom. The molecular weight excluding hydrogens is 349 g/mol. The zero-order chi connectivity index (χ0) is 18.1. The standard InChI is InChI=1S/C22H23NO3.Na/c1-2-22(13-19(24)25)21-20(17-10-6-7-11-18(17)23-21)16(14-26-22)12-15-8-4-3-5-9-15;/h3-11,16,23H,2,12-14H2,1H3,(H,24,25);/q;+1/p-1. The Morgan fingerprint density at radius 1 is 1.19 bits per heavy atom. The number of hydrogen-bond donors (Lipinski definition) is 1. The smallest absolute Gasteiger partial charge is 0.550 e. The summed E-state index contributed by atoms with van der Waals surface area (Å²) in [5, 5.41) is 12.6. The SMILES string of the molecule is CCC1(CC(=O)[O-])OCC(Cc2ccccc2)c2c1[nH]c1ccccc21.[Na+]. The number of aliphatic carboxylic acids is 1. The van der Waals surface area contributed by atoms with E-state index in [1.807, 2.05) is 43.3 Å². The van der Waals surface area contributed by atoms with E-state index in [-0.39, 0.29) is 41.9 Å². The van der Waals surface area contributed by atoms with Crippen molar-refractivity contribution in [3.05, 3.63) is 71.4 Å². The normalized spacial score (nSPS) is 21.4. The molecule has 1 aliphatic rings. The Labute approximate surface area is 181 Å². The molecule has 4 rings (SSSR count). The number of H-pyrrole nitrogens is 1. The molecule has 2 heterocycles. The van der Waals surface area contributed by atoms with Crippen molar-refractivity contribution in [1.29, 1.82) is 0 Å². The number of aromatic amines is 1. The molecule has 2 atom stereocenters. The Morgan fingerprint density at radius 3 is 2.59 bits per heavy atom. The minimum absolute atomic E-state index is 0. The Kier molecular flexibility index (Phi) is 6.11. The number of carbonyl (C=O) groups is 1. The number of fused-ring (bicyclic) bond motifs is 3. The van der Waals surface area contributed by atoms with Crippen molar-refractivity contribution < 1.29 is 44.2 Å². The number of rotatable bonds is 5. The molecule has 0 fully saturated rings. The number of carboxylic acids is 1. The Balaban J connectivity index is 0.00000210. The van der Waals surface area contributed by atoms with E-state index in [0.29, 0.717) is 13.0 Å². The molecule has 0 saturated carbocycles. The van der Waals surface area contributed by atoms with E-state index in [9.17, 15) is 9.90 Å². The van der Waals surface area contributed by atoms with E-state index < -0.39 is 11.6 Å². The predicted octanol–water partition coefficient (Wildman–Crippen LogP) is 0.274. The molecule has 27 heavy (non-hydrogen) atoms. The zero-order valence-corrected chi connectivity index (χ0v) is 17.8. The molecule has 0 aliphatic carbocycles. The summed E-state index contributed by atoms with van der Waals surface area (Å²) in [5.74, 6) is -0.900. The van der Waals surface area contributed by atoms with Gasteiger partial charge in [-0.15, -0.1) is 0 Å². The third-order valence-corrected chi connectivity index (χ3v) is 5.50. The first-order valence-corrected chi connectivity index (χ1v) is 9.12. The number of benzene rings is 2. The Bertz CT molecular complexity index is 937. The number of ether oxygens (including phenoxy) is 1. The van der Waals surface area contributed by atoms with Gasteiger partial charge in [-0.1, -0.05) is 55.5 Å². The quantitative estimate of drug-likeness (QED) is 0.655. The molecule has 0 saturated heterocycles. The van der Waals surface area contributed by atoms with E-state index in [0.717, 1.165) is 23.0 Å². The van der Waals surface area contributed by atoms with Crippen LogP contribution in [0.4, 0.5) is 0 Å². The fourth-order valence-corrected chi connectivity index (χ4v) is 4.20. The summed E-state index contributed by atoms with van der Waals surface area (Å²) in [6, 6.07) is 18.5. The van der Waals surface area contributed by atoms with Crippen LogP contribution in [0.25, 0.3) is 10.9 Å². The molecular formula is C22H22NNaO3. The second kappa shape index (κ2) is 8.19. The van der Waals surface area contributed by atoms with Crippen LogP contribution in [0.1, 0.15) is 42.5 Å². The van der Waals surface area contributed by atoms with Gasteiger partial charge in [-0.3, -0.25) is 0 Å². The first kappa shape index (κ1) is 20.2. The number of carboxylic acid groups (broad SMARTS) is 1. The van der Waals surface area contributed by atoms with Crippen molar-refractivity contribution in [3.8, 4) is 0 Å². The molecule has 1 aliphatic heterocycles. The number of nitrogens with one attached hydrogen (secondary N) is 1. The zero-order valence-electron chi connectivity index (χ0n) is 15.8. The van der Waals surface area contributed by atoms with Gasteiger partial charge in [0.25, 0.3) is 0 Å². The van der Waals surface area contributed by atoms with Crippen molar-refractivity contribution in [3.63, 3.8) is 0 Å². The summed E-state index contributed by atoms with van der Waals surface area (Å²) in [4.78, 5) is 14.9. The Hall–Kier alpha value is -1.59. The summed E-state index contributed by atoms with van der Waals surface area (Å²) in [6.45, 7) is 2.47. The van der Waals surface area contributed by atoms with Gasteiger partial charge in [0, 0.05) is 29.2 Å². The number of carbonyl (C=O) groups excluding carboxylic acids is 1. The summed E-state index contributed by atoms with van der Waals surface area (Å²) in [7, 11) is 0. The van der Waals surface area contributed by atoms with E-state index in [2.05, 4.69) is 23.2 Å². The molecule has 0 amide bonds. The third kappa shape index (κ3) is 3.72. The summed E-state index contributed by atoms with van der Waals surface area (Å²) >= 11 is 0. The molecule has 1 aromatic heterocycles. The predicted molar refractivity (Wildman–Crippen MR) is 98.7 cm³/mol. The van der Waals surface area contributed by atoms with Crippen LogP contribution in [0.15, 0.2) is 54.6 Å². The van der Waals surface area contributed by atoms with E-state index >= 15 is 0 Å². The van der Waals surface area contributed by atoms with E-state index in [4.69, 9.17) is 4.74 Å². The molecule has 134 valence electrons. The van der Waals surface area contributed by atoms with Gasteiger partial charge < -0.3 is 19.6 Å². The van der Waals surface area contributed by atoms with Gasteiger partial charge in [-0.25, -0.2) is 0 Å². The van der Waals surface area contributed by atoms with Crippen molar-refractivity contribution in [2.75, 3.05) is 6.61 Å². The van der Waals surface area contributed by atoms with Crippen LogP contribution in [0.2, 0.25) is 0 Å². The van der Waals surface area contributed by atoms with Gasteiger partial charge in [0.05, 0.1) is 12.3 Å². The van der Waals surface area contributed by atoms with Crippen LogP contribution in [0, 0.1) is 0 Å². The summed E-state index contributed by atoms with van der Waals surface area (Å²) in [5.41, 5.74) is 3.52. The molecule has 3 aromatic rings. The first-order valence-electron chi connectivity index (χ1n) is 9.12. The van der Waals surface area contributed by atoms with Gasteiger partial charge in [0.1, 0.15) is 5.60 Å². The van der Waals surface area contributed by atoms with Crippen LogP contribution < -0.4 is 34.7 Å². The van der Waals surface area contributed by atoms with Crippen molar-refractivity contribution in [2.45, 2.75) is 37.7 Å². The monoisotopic (exact) mass is 371 g/mol. The van der Waals surface area contributed by atoms with Crippen molar-refractivity contribution >= 4 is 16.9 Å². The average molecular weight is 371 g/mol. The minimum Gasteiger partial charge on any atom is -0.550 e. The molecule has 0 radical (unpaired) electrons. The number of aromatic nitrogens is 1. The van der Waals surface area contributed by atoms with Crippen LogP contribution in [0.5, 0.6) is 0 Å². The van der Waals surface area contributed by atoms with E-state index in [1.165, 1.54) is 11.1 Å². The second-order valence-electron chi connectivity index (χ2n) is 7.05. The fourth-order valence-electron chi connectivity index (χ4n) is 4.20. The topological polar surface area (TPSA) is 65.2 Å². The van der Waals surface area contributed by atoms with Gasteiger partial charge in [-0.2, -0.15) is 0 Å². The molecule has 5 heteroatoms. The summed E-state index contributed by atoms with van der Waals surface area (Å²) < 4.78 is 6.21. The molecule has 2 aromatic carbocycles. The second-order valence-corrected chi connectivity index (χ2v) is 7.05. The van der Waals surface area contributed by atoms with Gasteiger partial charge in [-0.05, 0) is 30.0 Å². The van der Waals surface area contributed by atoms with Gasteiger partial charge in [0.2, 0.25) is 0 Å². The summed E-state index contributed by atoms with van der Waals surface area (Å²) in [6.07, 6.45) is 1.31. The van der Waals surface area contributed by atoms with Crippen LogP contribution in [-0.4, -0.2) is 17.6 Å². The van der Waals surface area contributed by atoms with Crippen LogP contribution in [-0.2, 0) is 21.6 Å². The van der Waals surface area contributed by atoms with Crippen LogP contribution >= 0.6 is 0 Å². The minimum atomic E-state index is -1.09. The third-order valence-electron chi connectivity index (χ3n) is 5.50. The van der Waals surface area contributed by atoms with Crippen LogP contribution in [0.3, 0.4) is 0 Å². The van der Waals surface area contributed by atoms with Gasteiger partial charge >= 0.3 is 29.6 Å². The molecule has 4 nitrogen and oxygen atoms in total. The maximum atomic E-state index is 11.4. The first-order chi connectivity index (χ1) is 12.6. The maximum Gasteiger partial charge on any atom is 1.00 e. The number of hydrogen-bond acceptors (Lipinski definition) is 3. The average Bonchev–Trinajstić information content (AvgIpc) is 3.05.